The van der Waals surface area contributed by atoms with Crippen LogP contribution < -0.4 is 21.8 Å². The van der Waals surface area contributed by atoms with Crippen LogP contribution in [-0.2, 0) is 29.5 Å². The summed E-state index contributed by atoms with van der Waals surface area (Å²) < 4.78 is 33.1. The molecule has 0 aliphatic carbocycles. The highest BCUT2D eigenvalue weighted by atomic mass is 32.2. The van der Waals surface area contributed by atoms with E-state index < -0.39 is 86.9 Å². The molecule has 3 amide bonds. The maximum atomic E-state index is 13.1. The maximum absolute atomic E-state index is 13.1. The zero-order chi connectivity index (χ0) is 30.2. The second-order valence-electron chi connectivity index (χ2n) is 8.77. The van der Waals surface area contributed by atoms with Gasteiger partial charge in [0.15, 0.2) is 16.6 Å². The number of aromatic nitrogens is 1. The lowest BCUT2D eigenvalue weighted by Gasteiger charge is -2.44. The Hall–Kier alpha value is -4.37. The van der Waals surface area contributed by atoms with Crippen molar-refractivity contribution in [3.8, 4) is 5.75 Å². The second kappa shape index (κ2) is 11.0. The first kappa shape index (κ1) is 30.2. The fourth-order valence-corrected chi connectivity index (χ4v) is 4.98. The molecule has 19 nitrogen and oxygen atoms in total. The number of hydrogen-bond donors (Lipinski definition) is 7. The first-order valence-electron chi connectivity index (χ1n) is 10.9. The summed E-state index contributed by atoms with van der Waals surface area (Å²) >= 11 is 1.05. The minimum absolute atomic E-state index is 0.0243. The first-order chi connectivity index (χ1) is 18.4. The molecular weight excluding hydrogens is 582 g/mol. The molecule has 3 atom stereocenters. The van der Waals surface area contributed by atoms with Crippen molar-refractivity contribution >= 4 is 56.6 Å². The lowest BCUT2D eigenvalue weighted by Crippen LogP contribution is -2.74. The van der Waals surface area contributed by atoms with Crippen LogP contribution in [0, 0.1) is 0 Å². The molecule has 3 heterocycles. The number of carbonyl (C=O) groups is 4. The molecule has 0 radical (unpaired) electrons. The standard InChI is InChI=1S/C19H23N7O12S2/c1-19(2,17(32)33)38-24-12(7-6-39-18(20)22-7)15(30)23-13-9(26(16(13)31)40(35,36)37)4-21-14(29)8-3-10(27)11(28)5-25(8)34/h3,5,7,9,13,28,34H,4,6H2,1-2H3,(H2,20,22)(H,21,29)(H,23,30)(H,32,33)(H,35,36,37)/b24-12-/t7?,9-,13+/m1/s1. The summed E-state index contributed by atoms with van der Waals surface area (Å²) in [6.45, 7) is 1.56. The van der Waals surface area contributed by atoms with Crippen LogP contribution in [0.1, 0.15) is 24.3 Å². The Morgan fingerprint density at radius 2 is 1.98 bits per heavy atom. The molecule has 40 heavy (non-hydrogen) atoms. The Balaban J connectivity index is 1.84. The molecule has 218 valence electrons. The number of rotatable bonds is 10. The van der Waals surface area contributed by atoms with Crippen LogP contribution in [0.15, 0.2) is 27.2 Å². The Bertz CT molecular complexity index is 1490. The van der Waals surface area contributed by atoms with E-state index in [2.05, 4.69) is 20.8 Å². The molecule has 1 saturated heterocycles. The third-order valence-electron chi connectivity index (χ3n) is 5.53. The predicted octanol–water partition coefficient (Wildman–Crippen LogP) is -3.31. The van der Waals surface area contributed by atoms with E-state index in [1.54, 1.807) is 0 Å². The van der Waals surface area contributed by atoms with E-state index in [4.69, 9.17) is 10.6 Å². The molecule has 2 aliphatic rings. The summed E-state index contributed by atoms with van der Waals surface area (Å²) in [6, 6.07) is -3.73. The number of thioether (sulfide) groups is 1. The van der Waals surface area contributed by atoms with Crippen molar-refractivity contribution in [1.29, 1.82) is 0 Å². The largest absolute Gasteiger partial charge is 0.503 e. The van der Waals surface area contributed by atoms with Gasteiger partial charge in [0.1, 0.15) is 17.8 Å². The Morgan fingerprint density at radius 1 is 1.32 bits per heavy atom. The van der Waals surface area contributed by atoms with Gasteiger partial charge in [-0.25, -0.2) is 9.10 Å². The number of oxime groups is 1. The van der Waals surface area contributed by atoms with Gasteiger partial charge in [0.05, 0.1) is 12.2 Å². The van der Waals surface area contributed by atoms with Crippen molar-refractivity contribution in [3.63, 3.8) is 0 Å². The minimum atomic E-state index is -5.17. The van der Waals surface area contributed by atoms with Crippen molar-refractivity contribution in [1.82, 2.24) is 19.7 Å². The van der Waals surface area contributed by atoms with Gasteiger partial charge in [0, 0.05) is 18.4 Å². The minimum Gasteiger partial charge on any atom is -0.503 e. The third kappa shape index (κ3) is 6.26. The van der Waals surface area contributed by atoms with Gasteiger partial charge in [0.2, 0.25) is 11.0 Å². The van der Waals surface area contributed by atoms with Gasteiger partial charge in [-0.05, 0) is 13.8 Å². The number of carboxylic acids is 1. The van der Waals surface area contributed by atoms with Gasteiger partial charge < -0.3 is 36.6 Å². The topological polar surface area (TPSA) is 293 Å². The summed E-state index contributed by atoms with van der Waals surface area (Å²) in [5.41, 5.74) is 1.55. The van der Waals surface area contributed by atoms with Crippen LogP contribution >= 0.6 is 11.8 Å². The summed E-state index contributed by atoms with van der Waals surface area (Å²) in [4.78, 5) is 70.1. The number of carboxylic acid groups (broad SMARTS) is 1. The lowest BCUT2D eigenvalue weighted by atomic mass is 9.98. The van der Waals surface area contributed by atoms with Crippen molar-refractivity contribution in [3.05, 3.63) is 28.2 Å². The first-order valence-corrected chi connectivity index (χ1v) is 13.3. The molecule has 1 fully saturated rings. The van der Waals surface area contributed by atoms with Gasteiger partial charge in [-0.3, -0.25) is 28.7 Å². The summed E-state index contributed by atoms with van der Waals surface area (Å²) in [5.74, 6) is -5.77. The van der Waals surface area contributed by atoms with Gasteiger partial charge >= 0.3 is 16.3 Å². The summed E-state index contributed by atoms with van der Waals surface area (Å²) in [5, 5.41) is 36.3. The molecule has 0 spiro atoms. The Labute approximate surface area is 228 Å². The number of β-lactam (4-membered cyclic amide) rings is 1. The van der Waals surface area contributed by atoms with Gasteiger partial charge in [-0.1, -0.05) is 16.9 Å². The molecule has 1 aromatic rings. The van der Waals surface area contributed by atoms with Gasteiger partial charge in [-0.2, -0.15) is 13.1 Å². The van der Waals surface area contributed by atoms with Crippen LogP contribution in [0.4, 0.5) is 0 Å². The number of aromatic hydroxyl groups is 1. The highest BCUT2D eigenvalue weighted by molar-refractivity contribution is 8.14. The monoisotopic (exact) mass is 605 g/mol. The van der Waals surface area contributed by atoms with Crippen LogP contribution in [0.2, 0.25) is 0 Å². The SMILES string of the molecule is CC(C)(O/N=C(\C(=O)N[C@@H]1C(=O)N(S(=O)(=O)O)[C@@H]1CNC(=O)c1cc(=O)c(O)cn1O)C1CSC(N)=N1)C(=O)O. The van der Waals surface area contributed by atoms with Crippen LogP contribution in [0.3, 0.4) is 0 Å². The molecule has 8 N–H and O–H groups in total. The van der Waals surface area contributed by atoms with E-state index in [0.29, 0.717) is 12.3 Å². The predicted molar refractivity (Wildman–Crippen MR) is 134 cm³/mol. The Morgan fingerprint density at radius 3 is 2.52 bits per heavy atom. The van der Waals surface area contributed by atoms with E-state index in [-0.39, 0.29) is 20.0 Å². The number of aliphatic carboxylic acids is 1. The number of nitrogens with two attached hydrogens (primary N) is 1. The van der Waals surface area contributed by atoms with Crippen LogP contribution in [-0.4, -0.2) is 108 Å². The number of nitrogens with zero attached hydrogens (tertiary/aromatic N) is 4. The van der Waals surface area contributed by atoms with Crippen molar-refractivity contribution in [2.24, 2.45) is 15.9 Å². The fraction of sp³-hybridized carbons (Fsp3) is 0.421. The molecule has 0 saturated carbocycles. The number of nitrogens with one attached hydrogen (secondary N) is 2. The number of pyridine rings is 1. The van der Waals surface area contributed by atoms with Crippen molar-refractivity contribution in [2.45, 2.75) is 37.6 Å². The van der Waals surface area contributed by atoms with Crippen LogP contribution in [0.25, 0.3) is 0 Å². The summed E-state index contributed by atoms with van der Waals surface area (Å²) in [6.07, 6.45) is 0.531. The number of carbonyl (C=O) groups excluding carboxylic acids is 3. The number of amides is 3. The molecule has 1 unspecified atom stereocenters. The van der Waals surface area contributed by atoms with Crippen LogP contribution in [0.5, 0.6) is 5.75 Å². The third-order valence-corrected chi connectivity index (χ3v) is 7.36. The van der Waals surface area contributed by atoms with E-state index in [9.17, 15) is 52.4 Å². The van der Waals surface area contributed by atoms with Crippen molar-refractivity contribution < 1.29 is 52.4 Å². The fourth-order valence-electron chi connectivity index (χ4n) is 3.34. The molecular formula is C19H23N7O12S2. The average molecular weight is 606 g/mol. The molecule has 3 rings (SSSR count). The Kier molecular flexibility index (Phi) is 8.31. The highest BCUT2D eigenvalue weighted by Crippen LogP contribution is 2.24. The second-order valence-corrected chi connectivity index (χ2v) is 11.1. The maximum Gasteiger partial charge on any atom is 0.362 e. The zero-order valence-electron chi connectivity index (χ0n) is 20.5. The van der Waals surface area contributed by atoms with E-state index in [1.807, 2.05) is 0 Å². The normalized spacial score (nSPS) is 21.3. The zero-order valence-corrected chi connectivity index (χ0v) is 22.2. The number of aliphatic imine (C=N–C) groups is 1. The molecule has 1 aromatic heterocycles. The number of amidine groups is 1. The van der Waals surface area contributed by atoms with Gasteiger partial charge in [-0.15, -0.1) is 0 Å². The number of hydrogen-bond acceptors (Lipinski definition) is 14. The molecule has 0 aromatic carbocycles. The molecule has 21 heteroatoms. The summed E-state index contributed by atoms with van der Waals surface area (Å²) in [7, 11) is -5.17. The van der Waals surface area contributed by atoms with E-state index in [1.165, 1.54) is 0 Å². The molecule has 0 bridgehead atoms. The van der Waals surface area contributed by atoms with Gasteiger partial charge in [0.25, 0.3) is 17.7 Å². The van der Waals surface area contributed by atoms with Crippen molar-refractivity contribution in [2.75, 3.05) is 12.3 Å². The smallest absolute Gasteiger partial charge is 0.362 e. The quantitative estimate of drug-likeness (QED) is 0.0452. The average Bonchev–Trinajstić information content (AvgIpc) is 3.26. The van der Waals surface area contributed by atoms with E-state index in [0.717, 1.165) is 25.6 Å². The lowest BCUT2D eigenvalue weighted by molar-refractivity contribution is -0.161. The van der Waals surface area contributed by atoms with E-state index >= 15 is 0 Å². The highest BCUT2D eigenvalue weighted by Gasteiger charge is 2.54. The molecule has 2 aliphatic heterocycles.